The second-order valence-corrected chi connectivity index (χ2v) is 21.4. The average Bonchev–Trinajstić information content (AvgIpc) is 3.97. The van der Waals surface area contributed by atoms with Gasteiger partial charge in [-0.3, -0.25) is 19.2 Å². The molecule has 18 nitrogen and oxygen atoms in total. The number of likely N-dealkylation sites (tertiary alicyclic amines) is 1. The van der Waals surface area contributed by atoms with Crippen molar-refractivity contribution in [3.05, 3.63) is 76.0 Å². The van der Waals surface area contributed by atoms with Crippen molar-refractivity contribution in [3.63, 3.8) is 0 Å². The summed E-state index contributed by atoms with van der Waals surface area (Å²) in [5, 5.41) is 22.9. The van der Waals surface area contributed by atoms with Crippen molar-refractivity contribution in [1.29, 1.82) is 0 Å². The zero-order valence-electron chi connectivity index (χ0n) is 43.0. The summed E-state index contributed by atoms with van der Waals surface area (Å²) in [6, 6.07) is 13.7. The first-order valence-corrected chi connectivity index (χ1v) is 27.1. The smallest absolute Gasteiger partial charge is 0.246 e. The SMILES string of the molecule is Cc1ncsc1-c1ccc(CNC(=O)[C@@H]2C[C@@H](O)CN2C(=O)[C@@H](NC(=O)COCCCOCCCCOCCCOc2cccc(Nc3ncc(Br)c(NCCCN(C)C(=O)C4CCC4)n3)c2)C(C)(C)C)cc1. The van der Waals surface area contributed by atoms with Gasteiger partial charge >= 0.3 is 0 Å². The fourth-order valence-corrected chi connectivity index (χ4v) is 9.46. The predicted octanol–water partition coefficient (Wildman–Crippen LogP) is 7.27. The van der Waals surface area contributed by atoms with Crippen LogP contribution in [0.4, 0.5) is 17.5 Å². The van der Waals surface area contributed by atoms with E-state index < -0.39 is 35.4 Å². The van der Waals surface area contributed by atoms with Gasteiger partial charge in [0.1, 0.15) is 30.3 Å². The number of unbranched alkanes of at least 4 members (excludes halogenated alkanes) is 1. The number of aryl methyl sites for hydroxylation is 1. The normalized spacial score (nSPS) is 16.1. The van der Waals surface area contributed by atoms with E-state index in [1.165, 1.54) is 4.90 Å². The minimum absolute atomic E-state index is 0.00407. The molecule has 398 valence electrons. The quantitative estimate of drug-likeness (QED) is 0.0325. The molecule has 4 amide bonds. The van der Waals surface area contributed by atoms with Crippen LogP contribution < -0.4 is 26.0 Å². The van der Waals surface area contributed by atoms with Gasteiger partial charge in [-0.15, -0.1) is 11.3 Å². The first-order chi connectivity index (χ1) is 35.2. The molecule has 2 aromatic heterocycles. The lowest BCUT2D eigenvalue weighted by Crippen LogP contribution is -2.58. The Balaban J connectivity index is 0.774. The third kappa shape index (κ3) is 18.3. The molecule has 1 saturated heterocycles. The average molecular weight is 1090 g/mol. The van der Waals surface area contributed by atoms with E-state index in [2.05, 4.69) is 52.1 Å². The second kappa shape index (κ2) is 29.0. The number of aliphatic hydroxyl groups is 1. The first kappa shape index (κ1) is 57.0. The zero-order valence-corrected chi connectivity index (χ0v) is 45.4. The molecule has 1 aliphatic heterocycles. The minimum atomic E-state index is -0.942. The number of nitrogens with zero attached hydrogens (tertiary/aromatic N) is 5. The fraction of sp³-hybridized carbons (Fsp3) is 0.566. The Hall–Kier alpha value is -5.25. The molecule has 4 aromatic rings. The molecular formula is C53H74BrN9O9S. The predicted molar refractivity (Wildman–Crippen MR) is 286 cm³/mol. The van der Waals surface area contributed by atoms with Crippen molar-refractivity contribution in [2.45, 2.75) is 110 Å². The topological polar surface area (TPSA) is 219 Å². The number of amides is 4. The number of β-amino-alcohol motifs (C(OH)–C–C–N with tert-alkyl or cyclic N) is 1. The van der Waals surface area contributed by atoms with Crippen LogP contribution >= 0.6 is 27.3 Å². The highest BCUT2D eigenvalue weighted by atomic mass is 79.9. The van der Waals surface area contributed by atoms with Crippen LogP contribution in [0.15, 0.2) is 64.7 Å². The molecule has 1 saturated carbocycles. The van der Waals surface area contributed by atoms with E-state index in [0.717, 1.165) is 82.6 Å². The minimum Gasteiger partial charge on any atom is -0.493 e. The van der Waals surface area contributed by atoms with Crippen molar-refractivity contribution < 1.29 is 43.2 Å². The Morgan fingerprint density at radius 3 is 2.33 bits per heavy atom. The van der Waals surface area contributed by atoms with Gasteiger partial charge in [0.25, 0.3) is 0 Å². The summed E-state index contributed by atoms with van der Waals surface area (Å²) in [5.41, 5.74) is 4.85. The van der Waals surface area contributed by atoms with Gasteiger partial charge in [-0.2, -0.15) is 4.98 Å². The van der Waals surface area contributed by atoms with Crippen molar-refractivity contribution in [2.24, 2.45) is 11.3 Å². The molecule has 5 N–H and O–H groups in total. The third-order valence-corrected chi connectivity index (χ3v) is 14.2. The van der Waals surface area contributed by atoms with Crippen LogP contribution in [-0.4, -0.2) is 145 Å². The highest BCUT2D eigenvalue weighted by Gasteiger charge is 2.44. The molecule has 6 rings (SSSR count). The summed E-state index contributed by atoms with van der Waals surface area (Å²) in [4.78, 5) is 70.4. The number of carbonyl (C=O) groups excluding carboxylic acids is 4. The maximum atomic E-state index is 13.9. The molecule has 3 atom stereocenters. The number of aliphatic hydroxyl groups excluding tert-OH is 1. The maximum Gasteiger partial charge on any atom is 0.246 e. The van der Waals surface area contributed by atoms with Crippen LogP contribution in [0, 0.1) is 18.3 Å². The van der Waals surface area contributed by atoms with Crippen molar-refractivity contribution in [2.75, 3.05) is 83.6 Å². The Labute approximate surface area is 442 Å². The summed E-state index contributed by atoms with van der Waals surface area (Å²) >= 11 is 5.10. The number of hydrogen-bond acceptors (Lipinski definition) is 15. The Morgan fingerprint density at radius 1 is 0.932 bits per heavy atom. The standard InChI is InChI=1S/C53H74BrN9O9S/c1-36-46(73-35-58-36)38-19-17-37(18-20-38)31-56-49(66)44-30-41(64)33-63(44)51(68)47(53(2,3)4)60-45(65)34-71-27-11-25-69-23-6-7-24-70-26-12-28-72-42-16-9-15-40(29-42)59-52-57-32-43(54)48(61-52)55-21-10-22-62(5)50(67)39-13-8-14-39/h9,15-20,29,32,35,39,41,44,47,64H,6-8,10-14,21-28,30-31,33-34H2,1-5H3,(H,56,66)(H,60,65)(H2,55,57,59,61)/t41-,44+,47-/m1/s1. The lowest BCUT2D eigenvalue weighted by molar-refractivity contribution is -0.144. The number of halogens is 1. The van der Waals surface area contributed by atoms with Gasteiger partial charge in [0.15, 0.2) is 0 Å². The van der Waals surface area contributed by atoms with E-state index in [1.54, 1.807) is 17.5 Å². The van der Waals surface area contributed by atoms with Gasteiger partial charge in [0.2, 0.25) is 29.6 Å². The Morgan fingerprint density at radius 2 is 1.64 bits per heavy atom. The summed E-state index contributed by atoms with van der Waals surface area (Å²) in [7, 11) is 1.88. The van der Waals surface area contributed by atoms with E-state index >= 15 is 0 Å². The van der Waals surface area contributed by atoms with Gasteiger partial charge in [0.05, 0.1) is 33.3 Å². The summed E-state index contributed by atoms with van der Waals surface area (Å²) in [5.74, 6) is 1.08. The van der Waals surface area contributed by atoms with E-state index in [-0.39, 0.29) is 43.8 Å². The van der Waals surface area contributed by atoms with Crippen LogP contribution in [0.3, 0.4) is 0 Å². The number of carbonyl (C=O) groups is 4. The molecular weight excluding hydrogens is 1020 g/mol. The number of aromatic nitrogens is 3. The third-order valence-electron chi connectivity index (χ3n) is 12.7. The molecule has 0 bridgehead atoms. The van der Waals surface area contributed by atoms with Gasteiger partial charge in [-0.05, 0) is 90.1 Å². The lowest BCUT2D eigenvalue weighted by atomic mass is 9.84. The van der Waals surface area contributed by atoms with E-state index in [4.69, 9.17) is 18.9 Å². The highest BCUT2D eigenvalue weighted by Crippen LogP contribution is 2.30. The number of nitrogens with one attached hydrogen (secondary N) is 4. The van der Waals surface area contributed by atoms with Gasteiger partial charge in [0, 0.05) is 103 Å². The number of hydrogen-bond donors (Lipinski definition) is 5. The largest absolute Gasteiger partial charge is 0.493 e. The number of ether oxygens (including phenoxy) is 4. The van der Waals surface area contributed by atoms with Crippen molar-refractivity contribution in [3.8, 4) is 16.2 Å². The lowest BCUT2D eigenvalue weighted by Gasteiger charge is -2.35. The molecule has 20 heteroatoms. The summed E-state index contributed by atoms with van der Waals surface area (Å²) in [6.45, 7) is 12.0. The fourth-order valence-electron chi connectivity index (χ4n) is 8.32. The molecule has 0 radical (unpaired) electrons. The molecule has 3 heterocycles. The van der Waals surface area contributed by atoms with Crippen molar-refractivity contribution in [1.82, 2.24) is 35.4 Å². The monoisotopic (exact) mass is 1090 g/mol. The molecule has 2 aliphatic rings. The molecule has 0 unspecified atom stereocenters. The number of anilines is 3. The zero-order chi connectivity index (χ0) is 52.2. The van der Waals surface area contributed by atoms with Gasteiger partial charge in [-0.25, -0.2) is 9.97 Å². The second-order valence-electron chi connectivity index (χ2n) is 19.7. The van der Waals surface area contributed by atoms with E-state index in [0.29, 0.717) is 70.9 Å². The van der Waals surface area contributed by atoms with Gasteiger partial charge in [-0.1, -0.05) is 57.5 Å². The van der Waals surface area contributed by atoms with Crippen LogP contribution in [-0.2, 0) is 39.9 Å². The van der Waals surface area contributed by atoms with Gasteiger partial charge < -0.3 is 55.1 Å². The number of rotatable bonds is 30. The Bertz CT molecular complexity index is 2380. The van der Waals surface area contributed by atoms with Crippen LogP contribution in [0.5, 0.6) is 5.75 Å². The first-order valence-electron chi connectivity index (χ1n) is 25.5. The molecule has 0 spiro atoms. The summed E-state index contributed by atoms with van der Waals surface area (Å²) in [6.07, 6.45) is 7.97. The van der Waals surface area contributed by atoms with E-state index in [1.807, 2.05) is 93.7 Å². The Kier molecular flexibility index (Phi) is 22.7. The highest BCUT2D eigenvalue weighted by molar-refractivity contribution is 9.10. The summed E-state index contributed by atoms with van der Waals surface area (Å²) < 4.78 is 23.9. The number of benzene rings is 2. The van der Waals surface area contributed by atoms with E-state index in [9.17, 15) is 24.3 Å². The van der Waals surface area contributed by atoms with Crippen LogP contribution in [0.2, 0.25) is 0 Å². The number of thiazole rings is 1. The molecule has 1 aliphatic carbocycles. The van der Waals surface area contributed by atoms with Crippen LogP contribution in [0.1, 0.15) is 89.8 Å². The van der Waals surface area contributed by atoms with Crippen LogP contribution in [0.25, 0.3) is 10.4 Å². The maximum absolute atomic E-state index is 13.9. The molecule has 73 heavy (non-hydrogen) atoms. The molecule has 2 fully saturated rings. The van der Waals surface area contributed by atoms with Crippen molar-refractivity contribution >= 4 is 68.3 Å². The molecule has 2 aromatic carbocycles.